The molecule has 0 spiro atoms. The minimum atomic E-state index is 0.280. The largest absolute Gasteiger partial charge is 0.508 e. The second kappa shape index (κ2) is 15.7. The van der Waals surface area contributed by atoms with Gasteiger partial charge in [-0.25, -0.2) is 0 Å². The van der Waals surface area contributed by atoms with Crippen molar-refractivity contribution in [2.24, 2.45) is 0 Å². The molecule has 1 N–H and O–H groups in total. The Kier molecular flexibility index (Phi) is 12.3. The summed E-state index contributed by atoms with van der Waals surface area (Å²) in [6.07, 6.45) is 29.2. The molecule has 0 radical (unpaired) electrons. The van der Waals surface area contributed by atoms with Gasteiger partial charge in [-0.1, -0.05) is 149 Å². The summed E-state index contributed by atoms with van der Waals surface area (Å²) in [5.41, 5.74) is 8.19. The highest BCUT2D eigenvalue weighted by molar-refractivity contribution is 5.55. The molecule has 2 aromatic rings. The number of aromatic hydroxyl groups is 1. The molecule has 0 aromatic heterocycles. The van der Waals surface area contributed by atoms with Crippen molar-refractivity contribution >= 4 is 12.2 Å². The summed E-state index contributed by atoms with van der Waals surface area (Å²) < 4.78 is 0. The van der Waals surface area contributed by atoms with Crippen LogP contribution in [0.15, 0.2) is 144 Å². The molecule has 36 heavy (non-hydrogen) atoms. The fourth-order valence-corrected chi connectivity index (χ4v) is 3.20. The molecule has 0 heterocycles. The first kappa shape index (κ1) is 28.1. The van der Waals surface area contributed by atoms with E-state index < -0.39 is 0 Å². The summed E-state index contributed by atoms with van der Waals surface area (Å²) in [5.74, 6) is 0.280. The molecule has 0 aliphatic heterocycles. The molecular formula is C35H38O. The Balaban J connectivity index is 1.83. The number of rotatable bonds is 10. The Bertz CT molecular complexity index is 1170. The minimum absolute atomic E-state index is 0.280. The second-order valence-electron chi connectivity index (χ2n) is 8.92. The van der Waals surface area contributed by atoms with Crippen molar-refractivity contribution in [3.05, 3.63) is 160 Å². The molecule has 184 valence electrons. The summed E-state index contributed by atoms with van der Waals surface area (Å²) >= 11 is 0. The highest BCUT2D eigenvalue weighted by Crippen LogP contribution is 2.13. The minimum Gasteiger partial charge on any atom is -0.508 e. The highest BCUT2D eigenvalue weighted by Gasteiger charge is 1.89. The van der Waals surface area contributed by atoms with Crippen LogP contribution in [0.1, 0.15) is 44.4 Å². The van der Waals surface area contributed by atoms with E-state index >= 15 is 0 Å². The van der Waals surface area contributed by atoms with E-state index in [0.717, 1.165) is 11.1 Å². The molecule has 2 rings (SSSR count). The van der Waals surface area contributed by atoms with Crippen molar-refractivity contribution in [3.63, 3.8) is 0 Å². The first-order chi connectivity index (χ1) is 17.3. The maximum atomic E-state index is 9.53. The van der Waals surface area contributed by atoms with E-state index in [1.54, 1.807) is 12.1 Å². The van der Waals surface area contributed by atoms with Crippen LogP contribution in [0, 0.1) is 6.92 Å². The zero-order valence-electron chi connectivity index (χ0n) is 22.1. The average Bonchev–Trinajstić information content (AvgIpc) is 2.84. The standard InChI is InChI=1S/C35H38O/c1-28(14-8-16-30(3)22-24-33-19-10-18-32(5)26-33)12-6-7-13-29(2)15-9-17-31(4)23-25-34-20-11-21-35(36)27-34/h6-27,36H,1-5H3/b7-6+,14-8+,15-9+,24-22+,25-23+,28-12+,29-13+,30-16+,31-17+. The van der Waals surface area contributed by atoms with Crippen LogP contribution >= 0.6 is 0 Å². The second-order valence-corrected chi connectivity index (χ2v) is 8.92. The van der Waals surface area contributed by atoms with Crippen molar-refractivity contribution in [1.29, 1.82) is 0 Å². The molecule has 0 aliphatic rings. The van der Waals surface area contributed by atoms with Gasteiger partial charge in [0.25, 0.3) is 0 Å². The van der Waals surface area contributed by atoms with Gasteiger partial charge in [-0.3, -0.25) is 0 Å². The Hall–Kier alpha value is -4.10. The van der Waals surface area contributed by atoms with Gasteiger partial charge in [-0.15, -0.1) is 0 Å². The normalized spacial score (nSPS) is 14.5. The Morgan fingerprint density at radius 3 is 1.50 bits per heavy atom. The van der Waals surface area contributed by atoms with Gasteiger partial charge < -0.3 is 5.11 Å². The molecule has 0 saturated carbocycles. The van der Waals surface area contributed by atoms with Crippen molar-refractivity contribution in [3.8, 4) is 5.75 Å². The molecule has 0 bridgehead atoms. The van der Waals surface area contributed by atoms with Crippen molar-refractivity contribution in [2.75, 3.05) is 0 Å². The maximum Gasteiger partial charge on any atom is 0.116 e. The van der Waals surface area contributed by atoms with Crippen molar-refractivity contribution < 1.29 is 5.11 Å². The van der Waals surface area contributed by atoms with Gasteiger partial charge in [0.05, 0.1) is 0 Å². The van der Waals surface area contributed by atoms with E-state index in [0.29, 0.717) is 0 Å². The van der Waals surface area contributed by atoms with Gasteiger partial charge >= 0.3 is 0 Å². The molecule has 0 atom stereocenters. The summed E-state index contributed by atoms with van der Waals surface area (Å²) in [6.45, 7) is 10.5. The van der Waals surface area contributed by atoms with Gasteiger partial charge in [0.2, 0.25) is 0 Å². The number of phenolic OH excluding ortho intramolecular Hbond substituents is 1. The monoisotopic (exact) mass is 474 g/mol. The van der Waals surface area contributed by atoms with E-state index in [9.17, 15) is 5.11 Å². The highest BCUT2D eigenvalue weighted by atomic mass is 16.3. The van der Waals surface area contributed by atoms with Gasteiger partial charge in [0, 0.05) is 0 Å². The molecule has 1 heteroatoms. The molecule has 0 fully saturated rings. The van der Waals surface area contributed by atoms with Gasteiger partial charge in [0.15, 0.2) is 0 Å². The lowest BCUT2D eigenvalue weighted by Crippen LogP contribution is -1.75. The summed E-state index contributed by atoms with van der Waals surface area (Å²) in [6, 6.07) is 15.7. The lowest BCUT2D eigenvalue weighted by Gasteiger charge is -1.95. The third-order valence-electron chi connectivity index (χ3n) is 5.26. The number of hydrogen-bond donors (Lipinski definition) is 1. The summed E-state index contributed by atoms with van der Waals surface area (Å²) in [7, 11) is 0. The van der Waals surface area contributed by atoms with Gasteiger partial charge in [-0.05, 0) is 57.9 Å². The fourth-order valence-electron chi connectivity index (χ4n) is 3.20. The topological polar surface area (TPSA) is 20.2 Å². The Morgan fingerprint density at radius 2 is 1.00 bits per heavy atom. The third-order valence-corrected chi connectivity index (χ3v) is 5.26. The maximum absolute atomic E-state index is 9.53. The smallest absolute Gasteiger partial charge is 0.116 e. The number of aryl methyl sites for hydroxylation is 1. The predicted octanol–water partition coefficient (Wildman–Crippen LogP) is 9.88. The summed E-state index contributed by atoms with van der Waals surface area (Å²) in [4.78, 5) is 0. The number of phenols is 1. The van der Waals surface area contributed by atoms with E-state index in [1.165, 1.54) is 27.8 Å². The predicted molar refractivity (Wildman–Crippen MR) is 160 cm³/mol. The van der Waals surface area contributed by atoms with Crippen LogP contribution in [0.5, 0.6) is 5.75 Å². The van der Waals surface area contributed by atoms with Crippen LogP contribution < -0.4 is 0 Å². The number of allylic oxidation sites excluding steroid dienone is 16. The van der Waals surface area contributed by atoms with Crippen molar-refractivity contribution in [2.45, 2.75) is 34.6 Å². The zero-order valence-corrected chi connectivity index (χ0v) is 22.1. The number of hydrogen-bond acceptors (Lipinski definition) is 1. The van der Waals surface area contributed by atoms with Crippen LogP contribution in [0.25, 0.3) is 12.2 Å². The molecule has 1 nitrogen and oxygen atoms in total. The van der Waals surface area contributed by atoms with Crippen LogP contribution in [-0.4, -0.2) is 5.11 Å². The first-order valence-electron chi connectivity index (χ1n) is 12.3. The number of benzene rings is 2. The molecule has 2 aromatic carbocycles. The molecular weight excluding hydrogens is 436 g/mol. The van der Waals surface area contributed by atoms with Crippen LogP contribution in [0.4, 0.5) is 0 Å². The molecule has 0 saturated heterocycles. The van der Waals surface area contributed by atoms with Crippen LogP contribution in [0.3, 0.4) is 0 Å². The lowest BCUT2D eigenvalue weighted by atomic mass is 10.1. The van der Waals surface area contributed by atoms with Crippen molar-refractivity contribution in [1.82, 2.24) is 0 Å². The Morgan fingerprint density at radius 1 is 0.556 bits per heavy atom. The SMILES string of the molecule is CC(/C=C/C=C(C)/C=C/c1cccc(C)c1)=C\C=C\C=C(C)\C=C\C=C(C)\C=C\c1cccc(O)c1. The average molecular weight is 475 g/mol. The third kappa shape index (κ3) is 12.4. The molecule has 0 unspecified atom stereocenters. The zero-order chi connectivity index (χ0) is 26.2. The lowest BCUT2D eigenvalue weighted by molar-refractivity contribution is 0.475. The van der Waals surface area contributed by atoms with Gasteiger partial charge in [0.1, 0.15) is 5.75 Å². The van der Waals surface area contributed by atoms with E-state index in [4.69, 9.17) is 0 Å². The first-order valence-corrected chi connectivity index (χ1v) is 12.3. The summed E-state index contributed by atoms with van der Waals surface area (Å²) in [5, 5.41) is 9.53. The van der Waals surface area contributed by atoms with Gasteiger partial charge in [-0.2, -0.15) is 0 Å². The Labute approximate surface area is 217 Å². The van der Waals surface area contributed by atoms with E-state index in [1.807, 2.05) is 30.4 Å². The van der Waals surface area contributed by atoms with E-state index in [-0.39, 0.29) is 5.75 Å². The fraction of sp³-hybridized carbons (Fsp3) is 0.143. The molecule has 0 amide bonds. The quantitative estimate of drug-likeness (QED) is 0.340. The van der Waals surface area contributed by atoms with E-state index in [2.05, 4.69) is 126 Å². The molecule has 0 aliphatic carbocycles. The van der Waals surface area contributed by atoms with Crippen LogP contribution in [-0.2, 0) is 0 Å². The van der Waals surface area contributed by atoms with Crippen LogP contribution in [0.2, 0.25) is 0 Å².